The van der Waals surface area contributed by atoms with Crippen LogP contribution in [0.25, 0.3) is 0 Å². The maximum atomic E-state index is 12.3. The molecule has 2 heterocycles. The van der Waals surface area contributed by atoms with Crippen molar-refractivity contribution >= 4 is 35.8 Å². The molecule has 20 heavy (non-hydrogen) atoms. The molecule has 0 aromatic carbocycles. The number of hydrogen-bond acceptors (Lipinski definition) is 4. The molecule has 0 bridgehead atoms. The van der Waals surface area contributed by atoms with Gasteiger partial charge in [0.25, 0.3) is 0 Å². The molecule has 8 heteroatoms. The van der Waals surface area contributed by atoms with Crippen LogP contribution in [0.3, 0.4) is 0 Å². The van der Waals surface area contributed by atoms with Gasteiger partial charge in [0.2, 0.25) is 11.9 Å². The predicted molar refractivity (Wildman–Crippen MR) is 69.2 cm³/mol. The van der Waals surface area contributed by atoms with Gasteiger partial charge in [-0.05, 0) is 18.2 Å². The Morgan fingerprint density at radius 2 is 1.80 bits per heavy atom. The number of aromatic nitrogens is 2. The number of hydrogen-bond donors (Lipinski definition) is 0. The fraction of sp³-hybridized carbons (Fsp3) is 0. The van der Waals surface area contributed by atoms with Gasteiger partial charge in [0.15, 0.2) is 12.6 Å². The number of carbonyl (C=O) groups is 2. The second kappa shape index (κ2) is 7.62. The van der Waals surface area contributed by atoms with Gasteiger partial charge < -0.3 is 0 Å². The zero-order chi connectivity index (χ0) is 15.1. The smallest absolute Gasteiger partial charge is 0.231 e. The van der Waals surface area contributed by atoms with Gasteiger partial charge >= 0.3 is 0 Å². The van der Waals surface area contributed by atoms with Crippen molar-refractivity contribution in [1.29, 1.82) is 0 Å². The maximum Gasteiger partial charge on any atom is 0.231 e. The molecular formula is C12H6Cl2F2N2O2. The number of carbonyl (C=O) groups excluding carboxylic acids is 2. The number of aldehydes is 2. The molecule has 2 rings (SSSR count). The van der Waals surface area contributed by atoms with E-state index in [0.717, 1.165) is 12.3 Å². The molecule has 0 spiro atoms. The molecule has 0 saturated carbocycles. The lowest BCUT2D eigenvalue weighted by molar-refractivity contribution is 0.111. The lowest BCUT2D eigenvalue weighted by Crippen LogP contribution is -1.88. The van der Waals surface area contributed by atoms with E-state index in [1.54, 1.807) is 0 Å². The molecule has 2 aromatic rings. The molecule has 0 atom stereocenters. The average molecular weight is 319 g/mol. The number of rotatable bonds is 2. The minimum Gasteiger partial charge on any atom is -0.298 e. The molecule has 0 N–H and O–H groups in total. The zero-order valence-corrected chi connectivity index (χ0v) is 11.2. The highest BCUT2D eigenvalue weighted by molar-refractivity contribution is 6.31. The molecule has 0 radical (unpaired) electrons. The van der Waals surface area contributed by atoms with Gasteiger partial charge in [0.05, 0.1) is 10.6 Å². The maximum absolute atomic E-state index is 12.3. The Hall–Kier alpha value is -1.92. The van der Waals surface area contributed by atoms with Crippen LogP contribution in [0.1, 0.15) is 20.7 Å². The molecule has 0 unspecified atom stereocenters. The van der Waals surface area contributed by atoms with E-state index in [4.69, 9.17) is 23.2 Å². The summed E-state index contributed by atoms with van der Waals surface area (Å²) >= 11 is 10.6. The highest BCUT2D eigenvalue weighted by Gasteiger charge is 2.00. The Balaban J connectivity index is 0.000000200. The minimum atomic E-state index is -0.757. The van der Waals surface area contributed by atoms with Crippen LogP contribution in [0.15, 0.2) is 24.4 Å². The Morgan fingerprint density at radius 3 is 2.30 bits per heavy atom. The van der Waals surface area contributed by atoms with Crippen LogP contribution in [-0.2, 0) is 0 Å². The number of pyridine rings is 2. The summed E-state index contributed by atoms with van der Waals surface area (Å²) < 4.78 is 24.4. The minimum absolute atomic E-state index is 0.102. The van der Waals surface area contributed by atoms with Crippen molar-refractivity contribution in [2.45, 2.75) is 0 Å². The molecule has 0 saturated heterocycles. The molecule has 0 fully saturated rings. The summed E-state index contributed by atoms with van der Waals surface area (Å²) in [5.74, 6) is -1.44. The van der Waals surface area contributed by atoms with E-state index in [-0.39, 0.29) is 21.3 Å². The van der Waals surface area contributed by atoms with E-state index < -0.39 is 11.9 Å². The van der Waals surface area contributed by atoms with Crippen LogP contribution >= 0.6 is 23.2 Å². The van der Waals surface area contributed by atoms with E-state index in [2.05, 4.69) is 9.97 Å². The average Bonchev–Trinajstić information content (AvgIpc) is 2.43. The van der Waals surface area contributed by atoms with Crippen molar-refractivity contribution in [3.8, 4) is 0 Å². The molecule has 104 valence electrons. The molecular weight excluding hydrogens is 313 g/mol. The van der Waals surface area contributed by atoms with E-state index in [0.29, 0.717) is 12.6 Å². The second-order valence-electron chi connectivity index (χ2n) is 3.29. The first-order chi connectivity index (χ1) is 9.47. The quantitative estimate of drug-likeness (QED) is 0.629. The summed E-state index contributed by atoms with van der Waals surface area (Å²) in [4.78, 5) is 26.6. The van der Waals surface area contributed by atoms with E-state index >= 15 is 0 Å². The predicted octanol–water partition coefficient (Wildman–Crippen LogP) is 3.37. The third-order valence-corrected chi connectivity index (χ3v) is 2.49. The fourth-order valence-corrected chi connectivity index (χ4v) is 1.37. The van der Waals surface area contributed by atoms with Gasteiger partial charge in [0, 0.05) is 11.8 Å². The van der Waals surface area contributed by atoms with Crippen LogP contribution < -0.4 is 0 Å². The largest absolute Gasteiger partial charge is 0.298 e. The molecule has 2 aromatic heterocycles. The second-order valence-corrected chi connectivity index (χ2v) is 4.06. The Kier molecular flexibility index (Phi) is 6.14. The Bertz CT molecular complexity index is 639. The lowest BCUT2D eigenvalue weighted by atomic mass is 10.3. The van der Waals surface area contributed by atoms with E-state index in [1.807, 2.05) is 0 Å². The molecule has 0 aliphatic rings. The zero-order valence-electron chi connectivity index (χ0n) is 9.69. The van der Waals surface area contributed by atoms with Gasteiger partial charge in [0.1, 0.15) is 5.15 Å². The molecule has 4 nitrogen and oxygen atoms in total. The highest BCUT2D eigenvalue weighted by Crippen LogP contribution is 2.11. The van der Waals surface area contributed by atoms with Crippen molar-refractivity contribution in [2.24, 2.45) is 0 Å². The van der Waals surface area contributed by atoms with Crippen molar-refractivity contribution in [1.82, 2.24) is 9.97 Å². The lowest BCUT2D eigenvalue weighted by Gasteiger charge is -1.91. The van der Waals surface area contributed by atoms with Crippen LogP contribution in [0.4, 0.5) is 8.78 Å². The number of nitrogens with zero attached hydrogens (tertiary/aromatic N) is 2. The standard InChI is InChI=1S/2C6H3ClFNO/c7-5-1-4(3-10)2-9-6(5)8;7-6-4(3-10)1-2-5(8)9-6/h2*1-3H. The van der Waals surface area contributed by atoms with Gasteiger partial charge in [-0.25, -0.2) is 9.97 Å². The van der Waals surface area contributed by atoms with E-state index in [9.17, 15) is 18.4 Å². The summed E-state index contributed by atoms with van der Waals surface area (Å²) in [6.45, 7) is 0. The van der Waals surface area contributed by atoms with Crippen molar-refractivity contribution in [3.05, 3.63) is 57.6 Å². The van der Waals surface area contributed by atoms with Gasteiger partial charge in [-0.3, -0.25) is 9.59 Å². The molecule has 0 aliphatic heterocycles. The van der Waals surface area contributed by atoms with Gasteiger partial charge in [-0.15, -0.1) is 0 Å². The third kappa shape index (κ3) is 4.64. The summed E-state index contributed by atoms with van der Waals surface area (Å²) in [6.07, 6.45) is 2.20. The molecule has 0 amide bonds. The fourth-order valence-electron chi connectivity index (χ4n) is 1.01. The first-order valence-electron chi connectivity index (χ1n) is 5.01. The SMILES string of the molecule is O=Cc1ccc(F)nc1Cl.O=Cc1cnc(F)c(Cl)c1. The summed E-state index contributed by atoms with van der Waals surface area (Å²) in [6, 6.07) is 3.57. The Morgan fingerprint density at radius 1 is 1.10 bits per heavy atom. The summed E-state index contributed by atoms with van der Waals surface area (Å²) in [7, 11) is 0. The van der Waals surface area contributed by atoms with Crippen molar-refractivity contribution in [2.75, 3.05) is 0 Å². The van der Waals surface area contributed by atoms with Crippen molar-refractivity contribution in [3.63, 3.8) is 0 Å². The van der Waals surface area contributed by atoms with Gasteiger partial charge in [-0.2, -0.15) is 8.78 Å². The Labute approximate surface area is 122 Å². The third-order valence-electron chi connectivity index (χ3n) is 1.92. The molecule has 0 aliphatic carbocycles. The highest BCUT2D eigenvalue weighted by atomic mass is 35.5. The number of halogens is 4. The summed E-state index contributed by atoms with van der Waals surface area (Å²) in [5.41, 5.74) is 0.467. The van der Waals surface area contributed by atoms with Crippen LogP contribution in [0.5, 0.6) is 0 Å². The van der Waals surface area contributed by atoms with Crippen molar-refractivity contribution < 1.29 is 18.4 Å². The van der Waals surface area contributed by atoms with E-state index in [1.165, 1.54) is 12.1 Å². The first kappa shape index (κ1) is 16.1. The van der Waals surface area contributed by atoms with Crippen LogP contribution in [-0.4, -0.2) is 22.5 Å². The first-order valence-corrected chi connectivity index (χ1v) is 5.77. The summed E-state index contributed by atoms with van der Waals surface area (Å²) in [5, 5.41) is -0.236. The van der Waals surface area contributed by atoms with Crippen LogP contribution in [0, 0.1) is 11.9 Å². The van der Waals surface area contributed by atoms with Gasteiger partial charge in [-0.1, -0.05) is 23.2 Å². The monoisotopic (exact) mass is 318 g/mol. The normalized spacial score (nSPS) is 9.40. The van der Waals surface area contributed by atoms with Crippen LogP contribution in [0.2, 0.25) is 10.2 Å². The topological polar surface area (TPSA) is 59.9 Å².